The second-order valence-electron chi connectivity index (χ2n) is 6.29. The number of amides is 1. The van der Waals surface area contributed by atoms with Crippen LogP contribution in [0.5, 0.6) is 0 Å². The van der Waals surface area contributed by atoms with Gasteiger partial charge in [0.05, 0.1) is 12.1 Å². The van der Waals surface area contributed by atoms with Gasteiger partial charge in [-0.05, 0) is 45.6 Å². The first-order valence-electron chi connectivity index (χ1n) is 8.23. The summed E-state index contributed by atoms with van der Waals surface area (Å²) >= 11 is 3.29. The van der Waals surface area contributed by atoms with E-state index < -0.39 is 5.60 Å². The van der Waals surface area contributed by atoms with Crippen molar-refractivity contribution in [2.45, 2.75) is 12.5 Å². The fourth-order valence-corrected chi connectivity index (χ4v) is 3.01. The minimum Gasteiger partial charge on any atom is -0.384 e. The lowest BCUT2D eigenvalue weighted by Gasteiger charge is -2.24. The normalized spacial score (nSPS) is 13.0. The molecule has 2 aromatic carbocycles. The smallest absolute Gasteiger partial charge is 0.252 e. The van der Waals surface area contributed by atoms with E-state index in [0.29, 0.717) is 5.56 Å². The zero-order valence-corrected chi connectivity index (χ0v) is 15.9. The van der Waals surface area contributed by atoms with Gasteiger partial charge in [0.15, 0.2) is 0 Å². The van der Waals surface area contributed by atoms with Gasteiger partial charge in [-0.15, -0.1) is 0 Å². The number of benzene rings is 2. The molecule has 1 heterocycles. The third-order valence-corrected chi connectivity index (χ3v) is 4.61. The van der Waals surface area contributed by atoms with E-state index in [1.165, 1.54) is 6.20 Å². The summed E-state index contributed by atoms with van der Waals surface area (Å²) in [5.74, 6) is -0.278. The molecule has 0 saturated heterocycles. The van der Waals surface area contributed by atoms with Gasteiger partial charge in [-0.3, -0.25) is 9.78 Å². The Kier molecular flexibility index (Phi) is 5.49. The van der Waals surface area contributed by atoms with Gasteiger partial charge in [-0.25, -0.2) is 0 Å². The first-order valence-corrected chi connectivity index (χ1v) is 9.02. The van der Waals surface area contributed by atoms with Crippen LogP contribution in [0.15, 0.2) is 77.5 Å². The van der Waals surface area contributed by atoms with Crippen LogP contribution in [0.4, 0.5) is 0 Å². The molecule has 0 aliphatic rings. The number of carbonyl (C=O) groups excluding carboxylic acids is 1. The van der Waals surface area contributed by atoms with Crippen LogP contribution in [0.3, 0.4) is 0 Å². The topological polar surface area (TPSA) is 62.2 Å². The number of nitrogens with zero attached hydrogens (tertiary/aromatic N) is 1. The Morgan fingerprint density at radius 3 is 2.38 bits per heavy atom. The summed E-state index contributed by atoms with van der Waals surface area (Å²) in [4.78, 5) is 16.2. The van der Waals surface area contributed by atoms with Gasteiger partial charge >= 0.3 is 0 Å². The molecule has 0 bridgehead atoms. The highest BCUT2D eigenvalue weighted by molar-refractivity contribution is 9.10. The molecule has 0 saturated carbocycles. The fraction of sp³-hybridized carbons (Fsp3) is 0.143. The number of pyridine rings is 1. The van der Waals surface area contributed by atoms with E-state index in [0.717, 1.165) is 21.2 Å². The Morgan fingerprint density at radius 2 is 1.73 bits per heavy atom. The fourth-order valence-electron chi connectivity index (χ4n) is 2.64. The van der Waals surface area contributed by atoms with Crippen LogP contribution in [0.2, 0.25) is 0 Å². The van der Waals surface area contributed by atoms with Gasteiger partial charge in [0, 0.05) is 16.9 Å². The molecule has 26 heavy (non-hydrogen) atoms. The average molecular weight is 411 g/mol. The molecule has 0 aliphatic carbocycles. The lowest BCUT2D eigenvalue weighted by atomic mass is 9.93. The molecule has 4 nitrogen and oxygen atoms in total. The monoisotopic (exact) mass is 410 g/mol. The van der Waals surface area contributed by atoms with Crippen LogP contribution in [-0.2, 0) is 5.60 Å². The van der Waals surface area contributed by atoms with Crippen molar-refractivity contribution < 1.29 is 9.90 Å². The highest BCUT2D eigenvalue weighted by Crippen LogP contribution is 2.25. The van der Waals surface area contributed by atoms with Crippen LogP contribution in [-0.4, -0.2) is 22.5 Å². The Bertz CT molecular complexity index is 893. The number of hydrogen-bond acceptors (Lipinski definition) is 3. The molecule has 3 aromatic rings. The summed E-state index contributed by atoms with van der Waals surface area (Å²) in [7, 11) is 0. The Balaban J connectivity index is 1.69. The Morgan fingerprint density at radius 1 is 1.08 bits per heavy atom. The molecule has 1 aromatic heterocycles. The minimum atomic E-state index is -1.18. The van der Waals surface area contributed by atoms with Crippen molar-refractivity contribution in [3.05, 3.63) is 88.7 Å². The predicted molar refractivity (Wildman–Crippen MR) is 106 cm³/mol. The zero-order valence-electron chi connectivity index (χ0n) is 14.3. The van der Waals surface area contributed by atoms with E-state index in [9.17, 15) is 9.90 Å². The van der Waals surface area contributed by atoms with E-state index in [2.05, 4.69) is 26.2 Å². The molecule has 3 rings (SSSR count). The highest BCUT2D eigenvalue weighted by atomic mass is 79.9. The first-order chi connectivity index (χ1) is 12.5. The van der Waals surface area contributed by atoms with E-state index in [4.69, 9.17) is 0 Å². The Hall–Kier alpha value is -2.50. The maximum absolute atomic E-state index is 12.2. The summed E-state index contributed by atoms with van der Waals surface area (Å²) < 4.78 is 0.730. The van der Waals surface area contributed by atoms with Crippen molar-refractivity contribution in [2.75, 3.05) is 6.54 Å². The summed E-state index contributed by atoms with van der Waals surface area (Å²) in [6, 6.07) is 19.4. The SMILES string of the molecule is CC(O)(CNC(=O)c1cncc(Br)c1)c1ccc(-c2ccccc2)cc1. The van der Waals surface area contributed by atoms with E-state index in [1.54, 1.807) is 19.2 Å². The molecule has 0 radical (unpaired) electrons. The maximum atomic E-state index is 12.2. The molecule has 1 unspecified atom stereocenters. The van der Waals surface area contributed by atoms with Crippen LogP contribution < -0.4 is 5.32 Å². The van der Waals surface area contributed by atoms with Crippen LogP contribution in [0, 0.1) is 0 Å². The first kappa shape index (κ1) is 18.3. The van der Waals surface area contributed by atoms with Gasteiger partial charge in [-0.1, -0.05) is 54.6 Å². The number of aliphatic hydroxyl groups is 1. The Labute approximate surface area is 161 Å². The number of rotatable bonds is 5. The van der Waals surface area contributed by atoms with Crippen LogP contribution >= 0.6 is 15.9 Å². The second kappa shape index (κ2) is 7.81. The molecular weight excluding hydrogens is 392 g/mol. The van der Waals surface area contributed by atoms with Gasteiger partial charge < -0.3 is 10.4 Å². The maximum Gasteiger partial charge on any atom is 0.252 e. The molecule has 5 heteroatoms. The van der Waals surface area contributed by atoms with Gasteiger partial charge in [0.2, 0.25) is 0 Å². The molecule has 1 amide bonds. The molecule has 2 N–H and O–H groups in total. The molecule has 0 aliphatic heterocycles. The summed E-state index contributed by atoms with van der Waals surface area (Å²) in [6.45, 7) is 1.78. The van der Waals surface area contributed by atoms with Crippen molar-refractivity contribution >= 4 is 21.8 Å². The van der Waals surface area contributed by atoms with Gasteiger partial charge in [-0.2, -0.15) is 0 Å². The largest absolute Gasteiger partial charge is 0.384 e. The highest BCUT2D eigenvalue weighted by Gasteiger charge is 2.24. The second-order valence-corrected chi connectivity index (χ2v) is 7.21. The van der Waals surface area contributed by atoms with Crippen molar-refractivity contribution in [3.8, 4) is 11.1 Å². The minimum absolute atomic E-state index is 0.100. The summed E-state index contributed by atoms with van der Waals surface area (Å²) in [6.07, 6.45) is 3.10. The van der Waals surface area contributed by atoms with E-state index >= 15 is 0 Å². The van der Waals surface area contributed by atoms with E-state index in [1.807, 2.05) is 54.6 Å². The number of halogens is 1. The number of carbonyl (C=O) groups is 1. The molecular formula is C21H19BrN2O2. The molecule has 1 atom stereocenters. The molecule has 0 fully saturated rings. The van der Waals surface area contributed by atoms with Gasteiger partial charge in [0.25, 0.3) is 5.91 Å². The van der Waals surface area contributed by atoms with Crippen molar-refractivity contribution in [1.82, 2.24) is 10.3 Å². The lowest BCUT2D eigenvalue weighted by Crippen LogP contribution is -2.38. The number of aromatic nitrogens is 1. The lowest BCUT2D eigenvalue weighted by molar-refractivity contribution is 0.0526. The van der Waals surface area contributed by atoms with Crippen molar-refractivity contribution in [1.29, 1.82) is 0 Å². The third kappa shape index (κ3) is 4.36. The van der Waals surface area contributed by atoms with Crippen molar-refractivity contribution in [3.63, 3.8) is 0 Å². The standard InChI is InChI=1S/C21H19BrN2O2/c1-21(26,14-24-20(25)17-11-19(22)13-23-12-17)18-9-7-16(8-10-18)15-5-3-2-4-6-15/h2-13,26H,14H2,1H3,(H,24,25). The van der Waals surface area contributed by atoms with Crippen molar-refractivity contribution in [2.24, 2.45) is 0 Å². The predicted octanol–water partition coefficient (Wildman–Crippen LogP) is 4.15. The van der Waals surface area contributed by atoms with Crippen LogP contribution in [0.1, 0.15) is 22.8 Å². The van der Waals surface area contributed by atoms with Crippen LogP contribution in [0.25, 0.3) is 11.1 Å². The quantitative estimate of drug-likeness (QED) is 0.663. The zero-order chi connectivity index (χ0) is 18.6. The third-order valence-electron chi connectivity index (χ3n) is 4.17. The number of hydrogen-bond donors (Lipinski definition) is 2. The average Bonchev–Trinajstić information content (AvgIpc) is 2.67. The number of nitrogens with one attached hydrogen (secondary N) is 1. The van der Waals surface area contributed by atoms with E-state index in [-0.39, 0.29) is 12.5 Å². The molecule has 0 spiro atoms. The summed E-state index contributed by atoms with van der Waals surface area (Å²) in [5.41, 5.74) is 2.20. The molecule has 132 valence electrons. The van der Waals surface area contributed by atoms with Gasteiger partial charge in [0.1, 0.15) is 5.60 Å². The summed E-state index contributed by atoms with van der Waals surface area (Å²) in [5, 5.41) is 13.5.